The lowest BCUT2D eigenvalue weighted by atomic mass is 9.85. The Kier molecular flexibility index (Phi) is 8.87. The number of aromatic amines is 1. The third-order valence-electron chi connectivity index (χ3n) is 8.02. The van der Waals surface area contributed by atoms with Gasteiger partial charge in [0.15, 0.2) is 11.5 Å². The molecular weight excluding hydrogens is 608 g/mol. The van der Waals surface area contributed by atoms with Crippen molar-refractivity contribution in [1.82, 2.24) is 20.2 Å². The highest BCUT2D eigenvalue weighted by Gasteiger charge is 2.42. The largest absolute Gasteiger partial charge is 0.493 e. The van der Waals surface area contributed by atoms with Gasteiger partial charge in [0, 0.05) is 31.4 Å². The molecule has 252 valence electrons. The second-order valence-electron chi connectivity index (χ2n) is 14.3. The lowest BCUT2D eigenvalue weighted by Crippen LogP contribution is -2.56. The van der Waals surface area contributed by atoms with Gasteiger partial charge in [-0.15, -0.1) is 0 Å². The molecule has 2 aliphatic rings. The summed E-state index contributed by atoms with van der Waals surface area (Å²) in [5.74, 6) is -0.891. The third kappa shape index (κ3) is 7.44. The number of hydrogen-bond donors (Lipinski definition) is 3. The fourth-order valence-electron chi connectivity index (χ4n) is 5.60. The molecule has 2 aromatic carbocycles. The summed E-state index contributed by atoms with van der Waals surface area (Å²) in [6.45, 7) is 13.1. The van der Waals surface area contributed by atoms with E-state index in [1.165, 1.54) is 4.90 Å². The second kappa shape index (κ2) is 12.4. The maximum Gasteiger partial charge on any atom is 0.407 e. The first-order valence-corrected chi connectivity index (χ1v) is 15.6. The normalized spacial score (nSPS) is 17.8. The number of likely N-dealkylation sites (tertiary alicyclic amines) is 1. The maximum atomic E-state index is 13.3. The fraction of sp³-hybridized carbons (Fsp3) is 0.500. The van der Waals surface area contributed by atoms with Gasteiger partial charge in [-0.3, -0.25) is 9.59 Å². The van der Waals surface area contributed by atoms with Crippen LogP contribution in [0.2, 0.25) is 0 Å². The lowest BCUT2D eigenvalue weighted by Gasteiger charge is -2.34. The predicted octanol–water partition coefficient (Wildman–Crippen LogP) is 4.72. The number of H-pyrrole nitrogens is 1. The van der Waals surface area contributed by atoms with Crippen molar-refractivity contribution < 1.29 is 38.4 Å². The highest BCUT2D eigenvalue weighted by molar-refractivity contribution is 5.90. The third-order valence-corrected chi connectivity index (χ3v) is 8.02. The molecule has 2 aliphatic heterocycles. The summed E-state index contributed by atoms with van der Waals surface area (Å²) in [7, 11) is 0. The first kappa shape index (κ1) is 33.6. The zero-order valence-corrected chi connectivity index (χ0v) is 27.8. The monoisotopic (exact) mass is 650 g/mol. The van der Waals surface area contributed by atoms with Crippen LogP contribution >= 0.6 is 0 Å². The van der Waals surface area contributed by atoms with E-state index in [-0.39, 0.29) is 18.9 Å². The summed E-state index contributed by atoms with van der Waals surface area (Å²) in [6, 6.07) is 8.62. The Hall–Kier alpha value is -4.81. The predicted molar refractivity (Wildman–Crippen MR) is 173 cm³/mol. The van der Waals surface area contributed by atoms with Crippen LogP contribution in [-0.2, 0) is 14.3 Å². The average Bonchev–Trinajstić information content (AvgIpc) is 3.61. The first-order valence-electron chi connectivity index (χ1n) is 15.6. The molecule has 3 N–H and O–H groups in total. The molecule has 13 heteroatoms. The first-order chi connectivity index (χ1) is 21.9. The summed E-state index contributed by atoms with van der Waals surface area (Å²) >= 11 is 0. The Balaban J connectivity index is 1.21. The number of aliphatic carboxylic acids is 1. The average molecular weight is 651 g/mol. The number of alkyl carbamates (subject to hydrolysis) is 1. The van der Waals surface area contributed by atoms with Crippen LogP contribution in [0.15, 0.2) is 41.2 Å². The highest BCUT2D eigenvalue weighted by Crippen LogP contribution is 2.43. The number of carbonyl (C=O) groups excluding carboxylic acids is 2. The fourth-order valence-corrected chi connectivity index (χ4v) is 5.60. The van der Waals surface area contributed by atoms with Crippen molar-refractivity contribution >= 4 is 29.0 Å². The second-order valence-corrected chi connectivity index (χ2v) is 14.3. The zero-order valence-electron chi connectivity index (χ0n) is 27.8. The smallest absolute Gasteiger partial charge is 0.407 e. The van der Waals surface area contributed by atoms with E-state index in [0.717, 1.165) is 0 Å². The van der Waals surface area contributed by atoms with Crippen molar-refractivity contribution in [3.63, 3.8) is 0 Å². The molecule has 1 saturated heterocycles. The summed E-state index contributed by atoms with van der Waals surface area (Å²) < 4.78 is 23.2. The number of nitrogens with one attached hydrogen (secondary N) is 2. The number of ether oxygens (including phenoxy) is 4. The number of fused-ring (bicyclic) bond motifs is 3. The van der Waals surface area contributed by atoms with E-state index >= 15 is 0 Å². The number of amides is 2. The van der Waals surface area contributed by atoms with Crippen molar-refractivity contribution in [3.05, 3.63) is 46.8 Å². The van der Waals surface area contributed by atoms with Gasteiger partial charge in [0.1, 0.15) is 35.7 Å². The van der Waals surface area contributed by atoms with Crippen molar-refractivity contribution in [2.45, 2.75) is 79.2 Å². The van der Waals surface area contributed by atoms with Crippen molar-refractivity contribution in [1.29, 1.82) is 0 Å². The van der Waals surface area contributed by atoms with Crippen LogP contribution < -0.4 is 25.1 Å². The summed E-state index contributed by atoms with van der Waals surface area (Å²) in [5.41, 5.74) is 0.0500. The molecule has 0 saturated carbocycles. The number of carboxylic acid groups (broad SMARTS) is 1. The minimum absolute atomic E-state index is 0.0240. The van der Waals surface area contributed by atoms with Gasteiger partial charge in [-0.1, -0.05) is 46.8 Å². The van der Waals surface area contributed by atoms with E-state index in [9.17, 15) is 24.3 Å². The molecule has 2 atom stereocenters. The maximum absolute atomic E-state index is 13.3. The Morgan fingerprint density at radius 3 is 2.57 bits per heavy atom. The number of hydrogen-bond acceptors (Lipinski definition) is 9. The Morgan fingerprint density at radius 1 is 1.13 bits per heavy atom. The molecule has 1 fully saturated rings. The summed E-state index contributed by atoms with van der Waals surface area (Å²) in [5, 5.41) is 12.2. The molecule has 0 bridgehead atoms. The zero-order chi connectivity index (χ0) is 34.3. The van der Waals surface area contributed by atoms with Gasteiger partial charge in [0.2, 0.25) is 11.7 Å². The van der Waals surface area contributed by atoms with Crippen molar-refractivity contribution in [2.75, 3.05) is 19.8 Å². The van der Waals surface area contributed by atoms with Gasteiger partial charge in [0.25, 0.3) is 5.56 Å². The molecule has 0 aliphatic carbocycles. The number of rotatable bonds is 9. The Labute approximate surface area is 272 Å². The van der Waals surface area contributed by atoms with Crippen LogP contribution in [0.1, 0.15) is 61.3 Å². The van der Waals surface area contributed by atoms with Gasteiger partial charge in [-0.25, -0.2) is 14.6 Å². The van der Waals surface area contributed by atoms with Crippen LogP contribution in [0.3, 0.4) is 0 Å². The number of carboxylic acids is 1. The van der Waals surface area contributed by atoms with Gasteiger partial charge in [-0.05, 0) is 42.5 Å². The van der Waals surface area contributed by atoms with E-state index in [2.05, 4.69) is 15.3 Å². The molecule has 0 spiro atoms. The van der Waals surface area contributed by atoms with E-state index in [1.807, 2.05) is 13.8 Å². The quantitative estimate of drug-likeness (QED) is 0.295. The Morgan fingerprint density at radius 2 is 1.87 bits per heavy atom. The number of aromatic nitrogens is 2. The van der Waals surface area contributed by atoms with Gasteiger partial charge < -0.3 is 39.3 Å². The Bertz CT molecular complexity index is 1760. The highest BCUT2D eigenvalue weighted by atomic mass is 16.7. The standard InChI is InChI=1S/C34H42N4O9/c1-32(2,3)27(29(40)38-15-9-12-22(38)30(41)42)37-31(43)45-18-33(4,5)17-44-20-11-8-10-19(16-20)24-28(39)36-25-21(35-24)13-14-23-26(25)47-34(6,7)46-23/h8,10-11,13-14,16,22,27H,9,12,15,17-18H2,1-7H3,(H,36,39)(H,37,43)(H,41,42)/t22-,27+/m0/s1. The van der Waals surface area contributed by atoms with Crippen LogP contribution in [0.4, 0.5) is 4.79 Å². The number of carbonyl (C=O) groups is 3. The summed E-state index contributed by atoms with van der Waals surface area (Å²) in [4.78, 5) is 59.8. The van der Waals surface area contributed by atoms with E-state index in [1.54, 1.807) is 71.0 Å². The van der Waals surface area contributed by atoms with Crippen LogP contribution in [0.25, 0.3) is 22.3 Å². The van der Waals surface area contributed by atoms with E-state index in [4.69, 9.17) is 18.9 Å². The molecule has 47 heavy (non-hydrogen) atoms. The summed E-state index contributed by atoms with van der Waals surface area (Å²) in [6.07, 6.45) is 0.175. The molecule has 1 aromatic heterocycles. The van der Waals surface area contributed by atoms with Crippen LogP contribution in [0.5, 0.6) is 17.2 Å². The van der Waals surface area contributed by atoms with Gasteiger partial charge >= 0.3 is 12.1 Å². The minimum atomic E-state index is -1.06. The molecule has 3 aromatic rings. The lowest BCUT2D eigenvalue weighted by molar-refractivity contribution is -0.150. The SMILES string of the molecule is CC(C)(COC(=O)N[C@H](C(=O)N1CCC[C@H]1C(=O)O)C(C)(C)C)COc1cccc(-c2nc3ccc4c(c3[nH]c2=O)OC(C)(C)O4)c1. The molecule has 0 unspecified atom stereocenters. The molecule has 3 heterocycles. The molecule has 5 rings (SSSR count). The van der Waals surface area contributed by atoms with E-state index in [0.29, 0.717) is 53.2 Å². The molecule has 0 radical (unpaired) electrons. The van der Waals surface area contributed by atoms with Crippen LogP contribution in [0, 0.1) is 10.8 Å². The topological polar surface area (TPSA) is 169 Å². The van der Waals surface area contributed by atoms with Crippen molar-refractivity contribution in [3.8, 4) is 28.5 Å². The number of benzene rings is 2. The van der Waals surface area contributed by atoms with Gasteiger partial charge in [-0.2, -0.15) is 0 Å². The van der Waals surface area contributed by atoms with Crippen LogP contribution in [-0.4, -0.2) is 75.6 Å². The van der Waals surface area contributed by atoms with Gasteiger partial charge in [0.05, 0.1) is 12.1 Å². The molecule has 2 amide bonds. The molecule has 13 nitrogen and oxygen atoms in total. The molecular formula is C34H42N4O9. The number of nitrogens with zero attached hydrogens (tertiary/aromatic N) is 2. The van der Waals surface area contributed by atoms with Crippen molar-refractivity contribution in [2.24, 2.45) is 10.8 Å². The van der Waals surface area contributed by atoms with E-state index < -0.39 is 52.2 Å². The minimum Gasteiger partial charge on any atom is -0.493 e.